The van der Waals surface area contributed by atoms with Gasteiger partial charge in [-0.3, -0.25) is 10.1 Å². The predicted molar refractivity (Wildman–Crippen MR) is 64.3 cm³/mol. The molecule has 0 saturated carbocycles. The van der Waals surface area contributed by atoms with E-state index in [9.17, 15) is 10.1 Å². The fourth-order valence-electron chi connectivity index (χ4n) is 0.993. The lowest BCUT2D eigenvalue weighted by atomic mass is 10.0. The van der Waals surface area contributed by atoms with Crippen LogP contribution in [0.25, 0.3) is 0 Å². The SMILES string of the molecule is CCC(C)(N)COc1ncc(Cl)cc1[N+](=O)[O-]. The summed E-state index contributed by atoms with van der Waals surface area (Å²) in [5.41, 5.74) is 5.06. The van der Waals surface area contributed by atoms with Gasteiger partial charge in [-0.2, -0.15) is 0 Å². The van der Waals surface area contributed by atoms with E-state index < -0.39 is 10.5 Å². The molecule has 7 heteroatoms. The summed E-state index contributed by atoms with van der Waals surface area (Å²) < 4.78 is 5.27. The average molecular weight is 260 g/mol. The summed E-state index contributed by atoms with van der Waals surface area (Å²) >= 11 is 5.63. The van der Waals surface area contributed by atoms with Gasteiger partial charge in [-0.05, 0) is 13.3 Å². The first-order valence-electron chi connectivity index (χ1n) is 5.07. The number of nitrogens with zero attached hydrogens (tertiary/aromatic N) is 2. The van der Waals surface area contributed by atoms with Crippen molar-refractivity contribution in [2.75, 3.05) is 6.61 Å². The monoisotopic (exact) mass is 259 g/mol. The summed E-state index contributed by atoms with van der Waals surface area (Å²) in [6.45, 7) is 3.86. The Morgan fingerprint density at radius 2 is 2.35 bits per heavy atom. The fourth-order valence-corrected chi connectivity index (χ4v) is 1.15. The van der Waals surface area contributed by atoms with Gasteiger partial charge < -0.3 is 10.5 Å². The molecule has 0 aliphatic carbocycles. The Labute approximate surface area is 104 Å². The second-order valence-corrected chi connectivity index (χ2v) is 4.47. The van der Waals surface area contributed by atoms with E-state index in [4.69, 9.17) is 22.1 Å². The molecule has 6 nitrogen and oxygen atoms in total. The zero-order valence-corrected chi connectivity index (χ0v) is 10.4. The molecule has 2 N–H and O–H groups in total. The second kappa shape index (κ2) is 5.29. The van der Waals surface area contributed by atoms with Gasteiger partial charge in [0.15, 0.2) is 0 Å². The first-order valence-corrected chi connectivity index (χ1v) is 5.45. The van der Waals surface area contributed by atoms with Gasteiger partial charge in [0.05, 0.1) is 16.1 Å². The molecule has 17 heavy (non-hydrogen) atoms. The van der Waals surface area contributed by atoms with Crippen LogP contribution >= 0.6 is 11.6 Å². The number of ether oxygens (including phenoxy) is 1. The highest BCUT2D eigenvalue weighted by atomic mass is 35.5. The topological polar surface area (TPSA) is 91.3 Å². The van der Waals surface area contributed by atoms with Crippen molar-refractivity contribution in [1.29, 1.82) is 0 Å². The van der Waals surface area contributed by atoms with Crippen LogP contribution in [-0.4, -0.2) is 22.1 Å². The third-order valence-electron chi connectivity index (χ3n) is 2.34. The van der Waals surface area contributed by atoms with E-state index in [0.717, 1.165) is 0 Å². The van der Waals surface area contributed by atoms with Crippen LogP contribution in [0.2, 0.25) is 5.02 Å². The Balaban J connectivity index is 2.88. The smallest absolute Gasteiger partial charge is 0.332 e. The van der Waals surface area contributed by atoms with Crippen molar-refractivity contribution in [3.05, 3.63) is 27.4 Å². The zero-order valence-electron chi connectivity index (χ0n) is 9.64. The van der Waals surface area contributed by atoms with Crippen molar-refractivity contribution in [3.63, 3.8) is 0 Å². The molecule has 1 aromatic rings. The van der Waals surface area contributed by atoms with Crippen molar-refractivity contribution in [3.8, 4) is 5.88 Å². The Hall–Kier alpha value is -1.40. The molecule has 0 aliphatic rings. The highest BCUT2D eigenvalue weighted by molar-refractivity contribution is 6.30. The summed E-state index contributed by atoms with van der Waals surface area (Å²) in [5, 5.41) is 11.0. The van der Waals surface area contributed by atoms with Crippen LogP contribution in [0.4, 0.5) is 5.69 Å². The number of hydrogen-bond donors (Lipinski definition) is 1. The highest BCUT2D eigenvalue weighted by Gasteiger charge is 2.22. The summed E-state index contributed by atoms with van der Waals surface area (Å²) in [4.78, 5) is 14.0. The van der Waals surface area contributed by atoms with Gasteiger partial charge in [0.1, 0.15) is 6.61 Å². The molecular weight excluding hydrogens is 246 g/mol. The molecule has 1 rings (SSSR count). The standard InChI is InChI=1S/C10H14ClN3O3/c1-3-10(2,12)6-17-9-8(14(15)16)4-7(11)5-13-9/h4-5H,3,6,12H2,1-2H3. The lowest BCUT2D eigenvalue weighted by molar-refractivity contribution is -0.386. The van der Waals surface area contributed by atoms with Gasteiger partial charge in [0.2, 0.25) is 0 Å². The van der Waals surface area contributed by atoms with Crippen LogP contribution in [0.5, 0.6) is 5.88 Å². The third-order valence-corrected chi connectivity index (χ3v) is 2.55. The minimum absolute atomic E-state index is 0.0653. The van der Waals surface area contributed by atoms with Crippen LogP contribution in [0.3, 0.4) is 0 Å². The number of nitro groups is 1. The van der Waals surface area contributed by atoms with Gasteiger partial charge in [0.25, 0.3) is 5.88 Å². The van der Waals surface area contributed by atoms with Crippen LogP contribution in [0.15, 0.2) is 12.3 Å². The largest absolute Gasteiger partial charge is 0.471 e. The third kappa shape index (κ3) is 3.83. The van der Waals surface area contributed by atoms with Crippen LogP contribution in [0, 0.1) is 10.1 Å². The number of aromatic nitrogens is 1. The molecular formula is C10H14ClN3O3. The molecule has 1 unspecified atom stereocenters. The van der Waals surface area contributed by atoms with Crippen molar-refractivity contribution >= 4 is 17.3 Å². The van der Waals surface area contributed by atoms with Crippen molar-refractivity contribution in [1.82, 2.24) is 4.98 Å². The number of halogens is 1. The molecule has 0 aliphatic heterocycles. The van der Waals surface area contributed by atoms with E-state index in [1.807, 2.05) is 6.92 Å². The van der Waals surface area contributed by atoms with Gasteiger partial charge in [0, 0.05) is 11.6 Å². The van der Waals surface area contributed by atoms with E-state index in [1.165, 1.54) is 12.3 Å². The molecule has 0 bridgehead atoms. The first kappa shape index (κ1) is 13.7. The molecule has 0 spiro atoms. The predicted octanol–water partition coefficient (Wildman–Crippen LogP) is 2.15. The first-order chi connectivity index (χ1) is 7.85. The van der Waals surface area contributed by atoms with Crippen molar-refractivity contribution < 1.29 is 9.66 Å². The maximum absolute atomic E-state index is 10.8. The molecule has 1 heterocycles. The quantitative estimate of drug-likeness (QED) is 0.646. The van der Waals surface area contributed by atoms with E-state index in [2.05, 4.69) is 4.98 Å². The molecule has 1 atom stereocenters. The van der Waals surface area contributed by atoms with Crippen LogP contribution in [-0.2, 0) is 0 Å². The fraction of sp³-hybridized carbons (Fsp3) is 0.500. The van der Waals surface area contributed by atoms with Gasteiger partial charge in [-0.1, -0.05) is 18.5 Å². The molecule has 0 amide bonds. The lowest BCUT2D eigenvalue weighted by Gasteiger charge is -2.22. The number of pyridine rings is 1. The van der Waals surface area contributed by atoms with Crippen molar-refractivity contribution in [2.45, 2.75) is 25.8 Å². The van der Waals surface area contributed by atoms with E-state index in [1.54, 1.807) is 6.92 Å². The Morgan fingerprint density at radius 3 is 2.88 bits per heavy atom. The maximum Gasteiger partial charge on any atom is 0.332 e. The minimum Gasteiger partial charge on any atom is -0.471 e. The highest BCUT2D eigenvalue weighted by Crippen LogP contribution is 2.27. The van der Waals surface area contributed by atoms with Gasteiger partial charge >= 0.3 is 5.69 Å². The van der Waals surface area contributed by atoms with Crippen molar-refractivity contribution in [2.24, 2.45) is 5.73 Å². The Morgan fingerprint density at radius 1 is 1.71 bits per heavy atom. The second-order valence-electron chi connectivity index (χ2n) is 4.03. The summed E-state index contributed by atoms with van der Waals surface area (Å²) in [7, 11) is 0. The van der Waals surface area contributed by atoms with E-state index in [-0.39, 0.29) is 23.2 Å². The summed E-state index contributed by atoms with van der Waals surface area (Å²) in [6.07, 6.45) is 1.98. The number of hydrogen-bond acceptors (Lipinski definition) is 5. The van der Waals surface area contributed by atoms with Crippen LogP contribution < -0.4 is 10.5 Å². The number of rotatable bonds is 5. The average Bonchev–Trinajstić information content (AvgIpc) is 2.27. The number of nitrogens with two attached hydrogens (primary N) is 1. The molecule has 0 radical (unpaired) electrons. The molecule has 0 fully saturated rings. The van der Waals surface area contributed by atoms with E-state index in [0.29, 0.717) is 6.42 Å². The van der Waals surface area contributed by atoms with Crippen LogP contribution in [0.1, 0.15) is 20.3 Å². The van der Waals surface area contributed by atoms with Gasteiger partial charge in [-0.25, -0.2) is 4.98 Å². The molecule has 1 aromatic heterocycles. The normalized spacial score (nSPS) is 14.1. The Kier molecular flexibility index (Phi) is 4.25. The molecule has 0 aromatic carbocycles. The minimum atomic E-state index is -0.589. The molecule has 94 valence electrons. The summed E-state index contributed by atoms with van der Waals surface area (Å²) in [5.74, 6) is -0.0653. The molecule has 0 saturated heterocycles. The van der Waals surface area contributed by atoms with E-state index >= 15 is 0 Å². The van der Waals surface area contributed by atoms with Gasteiger partial charge in [-0.15, -0.1) is 0 Å². The zero-order chi connectivity index (χ0) is 13.1. The lowest BCUT2D eigenvalue weighted by Crippen LogP contribution is -2.41. The summed E-state index contributed by atoms with van der Waals surface area (Å²) in [6, 6.07) is 1.20. The Bertz CT molecular complexity index is 423. The maximum atomic E-state index is 10.8.